The number of aryl methyl sites for hydroxylation is 1. The first kappa shape index (κ1) is 19.0. The van der Waals surface area contributed by atoms with E-state index in [1.807, 2.05) is 16.7 Å². The maximum atomic E-state index is 12.8. The Morgan fingerprint density at radius 1 is 1.25 bits per heavy atom. The molecule has 2 aromatic rings. The summed E-state index contributed by atoms with van der Waals surface area (Å²) < 4.78 is 1.43. The number of nitrogens with one attached hydrogen (secondary N) is 1. The molecule has 148 valence electrons. The number of β-amino-alcohol motifs (C(OH)–C–C–N with tert-alkyl or cyclic N) is 1. The van der Waals surface area contributed by atoms with Crippen molar-refractivity contribution in [1.82, 2.24) is 20.0 Å². The lowest BCUT2D eigenvalue weighted by atomic mass is 10.1. The van der Waals surface area contributed by atoms with Crippen LogP contribution in [-0.2, 0) is 6.54 Å². The minimum atomic E-state index is -0.706. The molecule has 28 heavy (non-hydrogen) atoms. The Kier molecular flexibility index (Phi) is 5.41. The molecule has 0 bridgehead atoms. The number of aliphatic hydroxyl groups is 1. The summed E-state index contributed by atoms with van der Waals surface area (Å²) in [5.74, 6) is -0.460. The molecule has 1 fully saturated rings. The van der Waals surface area contributed by atoms with Crippen LogP contribution in [0.15, 0.2) is 35.2 Å². The monoisotopic (exact) mass is 400 g/mol. The molecule has 1 saturated heterocycles. The van der Waals surface area contributed by atoms with Gasteiger partial charge in [-0.15, -0.1) is 11.8 Å². The van der Waals surface area contributed by atoms with Gasteiger partial charge in [-0.05, 0) is 31.9 Å². The fourth-order valence-electron chi connectivity index (χ4n) is 3.56. The molecule has 0 aliphatic carbocycles. The van der Waals surface area contributed by atoms with Crippen LogP contribution in [0.5, 0.6) is 0 Å². The molecule has 1 aromatic heterocycles. The van der Waals surface area contributed by atoms with Crippen LogP contribution >= 0.6 is 11.8 Å². The molecule has 4 rings (SSSR count). The number of hydrogen-bond donors (Lipinski definition) is 2. The lowest BCUT2D eigenvalue weighted by Gasteiger charge is -2.31. The molecule has 8 heteroatoms. The SMILES string of the molecule is Cc1ccc(SC2CCN(C(=O)c3cc4n(n3)C[C@@H](O)CNC4=O)CC2)cc1. The predicted octanol–water partition coefficient (Wildman–Crippen LogP) is 1.69. The topological polar surface area (TPSA) is 87.5 Å². The predicted molar refractivity (Wildman–Crippen MR) is 107 cm³/mol. The van der Waals surface area contributed by atoms with Crippen molar-refractivity contribution in [3.63, 3.8) is 0 Å². The number of thioether (sulfide) groups is 1. The zero-order valence-electron chi connectivity index (χ0n) is 15.8. The summed E-state index contributed by atoms with van der Waals surface area (Å²) >= 11 is 1.87. The maximum absolute atomic E-state index is 12.8. The van der Waals surface area contributed by atoms with Crippen molar-refractivity contribution in [1.29, 1.82) is 0 Å². The van der Waals surface area contributed by atoms with E-state index < -0.39 is 6.10 Å². The molecule has 3 heterocycles. The van der Waals surface area contributed by atoms with Crippen LogP contribution in [0.25, 0.3) is 0 Å². The third-order valence-electron chi connectivity index (χ3n) is 5.17. The van der Waals surface area contributed by atoms with Gasteiger partial charge in [0.15, 0.2) is 5.69 Å². The molecule has 2 amide bonds. The number of amides is 2. The van der Waals surface area contributed by atoms with Gasteiger partial charge in [0.25, 0.3) is 11.8 Å². The largest absolute Gasteiger partial charge is 0.389 e. The van der Waals surface area contributed by atoms with Crippen molar-refractivity contribution < 1.29 is 14.7 Å². The van der Waals surface area contributed by atoms with Crippen LogP contribution in [-0.4, -0.2) is 62.6 Å². The highest BCUT2D eigenvalue weighted by Gasteiger charge is 2.29. The van der Waals surface area contributed by atoms with Gasteiger partial charge in [-0.1, -0.05) is 17.7 Å². The van der Waals surface area contributed by atoms with Gasteiger partial charge in [0.2, 0.25) is 0 Å². The molecule has 2 N–H and O–H groups in total. The highest BCUT2D eigenvalue weighted by atomic mass is 32.2. The molecule has 2 aliphatic rings. The number of likely N-dealkylation sites (tertiary alicyclic amines) is 1. The van der Waals surface area contributed by atoms with Gasteiger partial charge in [-0.2, -0.15) is 5.10 Å². The number of aliphatic hydroxyl groups excluding tert-OH is 1. The minimum Gasteiger partial charge on any atom is -0.389 e. The van der Waals surface area contributed by atoms with E-state index >= 15 is 0 Å². The van der Waals surface area contributed by atoms with E-state index in [4.69, 9.17) is 0 Å². The summed E-state index contributed by atoms with van der Waals surface area (Å²) in [5.41, 5.74) is 1.85. The third kappa shape index (κ3) is 4.07. The van der Waals surface area contributed by atoms with E-state index in [2.05, 4.69) is 41.6 Å². The number of aromatic nitrogens is 2. The second-order valence-electron chi connectivity index (χ2n) is 7.38. The smallest absolute Gasteiger partial charge is 0.274 e. The third-order valence-corrected chi connectivity index (χ3v) is 6.52. The molecule has 0 unspecified atom stereocenters. The van der Waals surface area contributed by atoms with Gasteiger partial charge < -0.3 is 15.3 Å². The van der Waals surface area contributed by atoms with Gasteiger partial charge in [0, 0.05) is 35.8 Å². The van der Waals surface area contributed by atoms with Crippen LogP contribution in [0.3, 0.4) is 0 Å². The molecule has 1 aromatic carbocycles. The molecule has 0 spiro atoms. The quantitative estimate of drug-likeness (QED) is 0.819. The molecule has 2 aliphatic heterocycles. The average Bonchev–Trinajstić information content (AvgIpc) is 3.06. The Bertz CT molecular complexity index is 872. The number of carbonyl (C=O) groups is 2. The molecular weight excluding hydrogens is 376 g/mol. The summed E-state index contributed by atoms with van der Waals surface area (Å²) in [6.45, 7) is 3.84. The van der Waals surface area contributed by atoms with Crippen LogP contribution in [0.2, 0.25) is 0 Å². The Balaban J connectivity index is 1.38. The summed E-state index contributed by atoms with van der Waals surface area (Å²) in [4.78, 5) is 28.0. The first-order valence-electron chi connectivity index (χ1n) is 9.56. The summed E-state index contributed by atoms with van der Waals surface area (Å²) in [6, 6.07) is 10.1. The second-order valence-corrected chi connectivity index (χ2v) is 8.76. The lowest BCUT2D eigenvalue weighted by Crippen LogP contribution is -2.39. The van der Waals surface area contributed by atoms with E-state index in [1.54, 1.807) is 0 Å². The van der Waals surface area contributed by atoms with Crippen LogP contribution < -0.4 is 5.32 Å². The van der Waals surface area contributed by atoms with E-state index in [1.165, 1.54) is 21.2 Å². The lowest BCUT2D eigenvalue weighted by molar-refractivity contribution is 0.0719. The fourth-order valence-corrected chi connectivity index (χ4v) is 4.68. The number of carbonyl (C=O) groups excluding carboxylic acids is 2. The molecule has 1 atom stereocenters. The Morgan fingerprint density at radius 3 is 2.68 bits per heavy atom. The van der Waals surface area contributed by atoms with Crippen molar-refractivity contribution in [2.45, 2.75) is 42.6 Å². The normalized spacial score (nSPS) is 20.4. The maximum Gasteiger partial charge on any atom is 0.274 e. The number of nitrogens with zero attached hydrogens (tertiary/aromatic N) is 3. The van der Waals surface area contributed by atoms with Gasteiger partial charge in [0.1, 0.15) is 5.69 Å². The van der Waals surface area contributed by atoms with Crippen molar-refractivity contribution >= 4 is 23.6 Å². The number of hydrogen-bond acceptors (Lipinski definition) is 5. The molecule has 7 nitrogen and oxygen atoms in total. The standard InChI is InChI=1S/C20H24N4O3S/c1-13-2-4-15(5-3-13)28-16-6-8-23(9-7-16)20(27)17-10-18-19(26)21-11-14(25)12-24(18)22-17/h2-5,10,14,16,25H,6-9,11-12H2,1H3,(H,21,26)/t14-/m0/s1. The van der Waals surface area contributed by atoms with Crippen molar-refractivity contribution in [2.24, 2.45) is 0 Å². The number of rotatable bonds is 3. The zero-order valence-corrected chi connectivity index (χ0v) is 16.6. The van der Waals surface area contributed by atoms with E-state index in [-0.39, 0.29) is 30.6 Å². The van der Waals surface area contributed by atoms with Crippen LogP contribution in [0.1, 0.15) is 39.4 Å². The summed E-state index contributed by atoms with van der Waals surface area (Å²) in [5, 5.41) is 17.3. The number of fused-ring (bicyclic) bond motifs is 1. The number of piperidine rings is 1. The summed E-state index contributed by atoms with van der Waals surface area (Å²) in [6.07, 6.45) is 1.15. The second kappa shape index (κ2) is 7.97. The highest BCUT2D eigenvalue weighted by molar-refractivity contribution is 8.00. The summed E-state index contributed by atoms with van der Waals surface area (Å²) in [7, 11) is 0. The fraction of sp³-hybridized carbons (Fsp3) is 0.450. The van der Waals surface area contributed by atoms with Crippen LogP contribution in [0.4, 0.5) is 0 Å². The Hall–Kier alpha value is -2.32. The van der Waals surface area contributed by atoms with Crippen molar-refractivity contribution in [2.75, 3.05) is 19.6 Å². The number of benzene rings is 1. The Morgan fingerprint density at radius 2 is 1.96 bits per heavy atom. The first-order chi connectivity index (χ1) is 13.5. The zero-order chi connectivity index (χ0) is 19.7. The van der Waals surface area contributed by atoms with Crippen molar-refractivity contribution in [3.8, 4) is 0 Å². The minimum absolute atomic E-state index is 0.151. The van der Waals surface area contributed by atoms with E-state index in [9.17, 15) is 14.7 Å². The first-order valence-corrected chi connectivity index (χ1v) is 10.4. The Labute approximate surface area is 168 Å². The van der Waals surface area contributed by atoms with Crippen molar-refractivity contribution in [3.05, 3.63) is 47.3 Å². The van der Waals surface area contributed by atoms with Gasteiger partial charge in [0.05, 0.1) is 12.6 Å². The molecular formula is C20H24N4O3S. The van der Waals surface area contributed by atoms with E-state index in [0.29, 0.717) is 24.0 Å². The average molecular weight is 401 g/mol. The highest BCUT2D eigenvalue weighted by Crippen LogP contribution is 2.31. The van der Waals surface area contributed by atoms with Crippen LogP contribution in [0, 0.1) is 6.92 Å². The van der Waals surface area contributed by atoms with E-state index in [0.717, 1.165) is 12.8 Å². The molecule has 0 radical (unpaired) electrons. The molecule has 0 saturated carbocycles. The van der Waals surface area contributed by atoms with Gasteiger partial charge in [-0.25, -0.2) is 0 Å². The van der Waals surface area contributed by atoms with Gasteiger partial charge >= 0.3 is 0 Å². The van der Waals surface area contributed by atoms with Gasteiger partial charge in [-0.3, -0.25) is 14.3 Å².